The quantitative estimate of drug-likeness (QED) is 0.730. The number of aromatic amines is 1. The predicted octanol–water partition coefficient (Wildman–Crippen LogP) is 2.98. The van der Waals surface area contributed by atoms with E-state index < -0.39 is 5.63 Å². The molecular formula is C14H10N2O3. The number of H-pyrrole nitrogens is 1. The molecule has 3 aromatic rings. The van der Waals surface area contributed by atoms with Crippen molar-refractivity contribution in [1.29, 1.82) is 0 Å². The van der Waals surface area contributed by atoms with Crippen molar-refractivity contribution in [3.8, 4) is 11.5 Å². The van der Waals surface area contributed by atoms with Gasteiger partial charge in [-0.3, -0.25) is 4.99 Å². The SMILES string of the molecule is O=c1o[nH]c(-c2ccco2)c1C=Nc1ccccc1. The highest BCUT2D eigenvalue weighted by molar-refractivity contribution is 5.88. The van der Waals surface area contributed by atoms with Crippen molar-refractivity contribution in [1.82, 2.24) is 5.16 Å². The van der Waals surface area contributed by atoms with Crippen molar-refractivity contribution < 1.29 is 8.94 Å². The Balaban J connectivity index is 2.00. The Morgan fingerprint density at radius 1 is 1.11 bits per heavy atom. The number of furan rings is 1. The second-order valence-electron chi connectivity index (χ2n) is 3.85. The van der Waals surface area contributed by atoms with Crippen LogP contribution in [0, 0.1) is 0 Å². The summed E-state index contributed by atoms with van der Waals surface area (Å²) in [7, 11) is 0. The first-order valence-electron chi connectivity index (χ1n) is 5.69. The molecule has 0 atom stereocenters. The first kappa shape index (κ1) is 11.3. The van der Waals surface area contributed by atoms with Crippen LogP contribution in [-0.4, -0.2) is 11.4 Å². The van der Waals surface area contributed by atoms with Crippen LogP contribution < -0.4 is 5.63 Å². The van der Waals surface area contributed by atoms with Crippen molar-refractivity contribution >= 4 is 11.9 Å². The van der Waals surface area contributed by atoms with E-state index in [4.69, 9.17) is 8.94 Å². The van der Waals surface area contributed by atoms with Crippen LogP contribution in [0.4, 0.5) is 5.69 Å². The van der Waals surface area contributed by atoms with Gasteiger partial charge in [0.15, 0.2) is 5.76 Å². The smallest absolute Gasteiger partial charge is 0.366 e. The van der Waals surface area contributed by atoms with E-state index in [-0.39, 0.29) is 0 Å². The summed E-state index contributed by atoms with van der Waals surface area (Å²) in [5.41, 5.74) is 1.09. The number of aliphatic imine (C=N–C) groups is 1. The summed E-state index contributed by atoms with van der Waals surface area (Å²) in [6.07, 6.45) is 2.99. The lowest BCUT2D eigenvalue weighted by atomic mass is 10.2. The minimum atomic E-state index is -0.480. The van der Waals surface area contributed by atoms with Crippen molar-refractivity contribution in [2.45, 2.75) is 0 Å². The molecule has 1 aromatic carbocycles. The van der Waals surface area contributed by atoms with Gasteiger partial charge in [-0.1, -0.05) is 18.2 Å². The normalized spacial score (nSPS) is 11.2. The van der Waals surface area contributed by atoms with E-state index >= 15 is 0 Å². The summed E-state index contributed by atoms with van der Waals surface area (Å²) in [5.74, 6) is 0.528. The van der Waals surface area contributed by atoms with Crippen LogP contribution in [0.2, 0.25) is 0 Å². The molecule has 0 amide bonds. The first-order valence-corrected chi connectivity index (χ1v) is 5.69. The average Bonchev–Trinajstić information content (AvgIpc) is 3.07. The van der Waals surface area contributed by atoms with E-state index in [1.807, 2.05) is 30.3 Å². The summed E-state index contributed by atoms with van der Waals surface area (Å²) in [4.78, 5) is 15.9. The molecule has 0 spiro atoms. The summed E-state index contributed by atoms with van der Waals surface area (Å²) in [5, 5.41) is 2.54. The fraction of sp³-hybridized carbons (Fsp3) is 0. The molecule has 5 heteroatoms. The van der Waals surface area contributed by atoms with Crippen LogP contribution in [0.5, 0.6) is 0 Å². The Labute approximate surface area is 108 Å². The van der Waals surface area contributed by atoms with Gasteiger partial charge in [0.25, 0.3) is 0 Å². The number of nitrogens with one attached hydrogen (secondary N) is 1. The third kappa shape index (κ3) is 2.26. The van der Waals surface area contributed by atoms with Gasteiger partial charge in [-0.15, -0.1) is 0 Å². The molecule has 5 nitrogen and oxygen atoms in total. The van der Waals surface area contributed by atoms with E-state index in [2.05, 4.69) is 10.1 Å². The monoisotopic (exact) mass is 254 g/mol. The van der Waals surface area contributed by atoms with Crippen molar-refractivity contribution in [3.63, 3.8) is 0 Å². The largest absolute Gasteiger partial charge is 0.463 e. The molecular weight excluding hydrogens is 244 g/mol. The molecule has 0 saturated heterocycles. The molecule has 0 saturated carbocycles. The highest BCUT2D eigenvalue weighted by Crippen LogP contribution is 2.19. The Bertz CT molecular complexity index is 737. The highest BCUT2D eigenvalue weighted by atomic mass is 16.5. The zero-order valence-corrected chi connectivity index (χ0v) is 9.87. The van der Waals surface area contributed by atoms with Crippen LogP contribution in [0.3, 0.4) is 0 Å². The lowest BCUT2D eigenvalue weighted by Crippen LogP contribution is -2.00. The number of nitrogens with zero attached hydrogens (tertiary/aromatic N) is 1. The number of benzene rings is 1. The number of rotatable bonds is 3. The molecule has 0 aliphatic carbocycles. The Morgan fingerprint density at radius 2 is 1.95 bits per heavy atom. The number of aromatic nitrogens is 1. The maximum atomic E-state index is 11.6. The van der Waals surface area contributed by atoms with Crippen molar-refractivity contribution in [2.75, 3.05) is 0 Å². The maximum absolute atomic E-state index is 11.6. The minimum absolute atomic E-state index is 0.332. The Kier molecular flexibility index (Phi) is 2.86. The van der Waals surface area contributed by atoms with Gasteiger partial charge >= 0.3 is 5.63 Å². The van der Waals surface area contributed by atoms with Crippen molar-refractivity contribution in [3.05, 3.63) is 64.7 Å². The molecule has 0 radical (unpaired) electrons. The Morgan fingerprint density at radius 3 is 2.68 bits per heavy atom. The van der Waals surface area contributed by atoms with Gasteiger partial charge in [0.1, 0.15) is 11.3 Å². The first-order chi connectivity index (χ1) is 9.34. The molecule has 2 heterocycles. The molecule has 1 N–H and O–H groups in total. The molecule has 0 unspecified atom stereocenters. The van der Waals surface area contributed by atoms with Gasteiger partial charge in [-0.05, 0) is 24.3 Å². The molecule has 0 aliphatic rings. The average molecular weight is 254 g/mol. The van der Waals surface area contributed by atoms with Gasteiger partial charge in [-0.25, -0.2) is 9.95 Å². The maximum Gasteiger partial charge on any atom is 0.366 e. The molecule has 0 bridgehead atoms. The second kappa shape index (κ2) is 4.81. The molecule has 94 valence electrons. The van der Waals surface area contributed by atoms with Gasteiger partial charge in [-0.2, -0.15) is 0 Å². The van der Waals surface area contributed by atoms with Gasteiger partial charge < -0.3 is 8.94 Å². The van der Waals surface area contributed by atoms with Crippen LogP contribution in [0.1, 0.15) is 5.56 Å². The van der Waals surface area contributed by atoms with Crippen molar-refractivity contribution in [2.24, 2.45) is 4.99 Å². The van der Waals surface area contributed by atoms with Crippen LogP contribution >= 0.6 is 0 Å². The summed E-state index contributed by atoms with van der Waals surface area (Å²) < 4.78 is 10.0. The van der Waals surface area contributed by atoms with Gasteiger partial charge in [0.05, 0.1) is 12.0 Å². The second-order valence-corrected chi connectivity index (χ2v) is 3.85. The van der Waals surface area contributed by atoms with E-state index in [0.717, 1.165) is 5.69 Å². The lowest BCUT2D eigenvalue weighted by Gasteiger charge is -1.92. The molecule has 2 aromatic heterocycles. The summed E-state index contributed by atoms with van der Waals surface area (Å²) in [6.45, 7) is 0. The number of hydrogen-bond donors (Lipinski definition) is 1. The predicted molar refractivity (Wildman–Crippen MR) is 70.7 cm³/mol. The summed E-state index contributed by atoms with van der Waals surface area (Å²) >= 11 is 0. The topological polar surface area (TPSA) is 71.5 Å². The van der Waals surface area contributed by atoms with Gasteiger partial charge in [0, 0.05) is 6.21 Å². The van der Waals surface area contributed by atoms with Crippen LogP contribution in [0.25, 0.3) is 11.5 Å². The zero-order valence-electron chi connectivity index (χ0n) is 9.87. The molecule has 0 fully saturated rings. The third-order valence-electron chi connectivity index (χ3n) is 2.60. The standard InChI is InChI=1S/C14H10N2O3/c17-14-11(9-15-10-5-2-1-3-6-10)13(16-19-14)12-7-4-8-18-12/h1-9,16H. The minimum Gasteiger partial charge on any atom is -0.463 e. The number of hydrogen-bond acceptors (Lipinski definition) is 4. The van der Waals surface area contributed by atoms with Gasteiger partial charge in [0.2, 0.25) is 0 Å². The number of para-hydroxylation sites is 1. The van der Waals surface area contributed by atoms with E-state index in [1.54, 1.807) is 12.1 Å². The lowest BCUT2D eigenvalue weighted by molar-refractivity contribution is 0.391. The molecule has 3 rings (SSSR count). The fourth-order valence-corrected chi connectivity index (χ4v) is 1.68. The van der Waals surface area contributed by atoms with E-state index in [9.17, 15) is 4.79 Å². The molecule has 0 aliphatic heterocycles. The third-order valence-corrected chi connectivity index (χ3v) is 2.60. The van der Waals surface area contributed by atoms with Crippen LogP contribution in [-0.2, 0) is 0 Å². The van der Waals surface area contributed by atoms with Crippen LogP contribution in [0.15, 0.2) is 67.5 Å². The highest BCUT2D eigenvalue weighted by Gasteiger charge is 2.13. The summed E-state index contributed by atoms with van der Waals surface area (Å²) in [6, 6.07) is 12.8. The fourth-order valence-electron chi connectivity index (χ4n) is 1.68. The zero-order chi connectivity index (χ0) is 13.1. The molecule has 19 heavy (non-hydrogen) atoms. The Hall–Kier alpha value is -2.82. The van der Waals surface area contributed by atoms with E-state index in [1.165, 1.54) is 12.5 Å². The van der Waals surface area contributed by atoms with E-state index in [0.29, 0.717) is 17.0 Å².